The number of hydrogen-bond donors (Lipinski definition) is 0. The van der Waals surface area contributed by atoms with E-state index in [1.165, 1.54) is 0 Å². The number of methoxy groups -OCH3 is 2. The molecule has 1 amide bonds. The van der Waals surface area contributed by atoms with Crippen LogP contribution in [0.25, 0.3) is 0 Å². The molecule has 24 heavy (non-hydrogen) atoms. The zero-order valence-corrected chi connectivity index (χ0v) is 13.7. The average molecular weight is 325 g/mol. The van der Waals surface area contributed by atoms with Crippen LogP contribution in [-0.4, -0.2) is 31.6 Å². The van der Waals surface area contributed by atoms with Gasteiger partial charge in [-0.25, -0.2) is 0 Å². The van der Waals surface area contributed by atoms with Gasteiger partial charge in [-0.3, -0.25) is 4.79 Å². The van der Waals surface area contributed by atoms with Crippen LogP contribution in [0.5, 0.6) is 11.5 Å². The van der Waals surface area contributed by atoms with Crippen LogP contribution in [-0.2, 0) is 16.0 Å². The first kappa shape index (κ1) is 15.0. The number of hydrogen-bond acceptors (Lipinski definition) is 4. The maximum atomic E-state index is 12.8. The summed E-state index contributed by atoms with van der Waals surface area (Å²) in [4.78, 5) is 14.6. The lowest BCUT2D eigenvalue weighted by atomic mass is 9.95. The number of carbonyl (C=O) groups excluding carboxylic acids is 1. The molecule has 2 aliphatic heterocycles. The van der Waals surface area contributed by atoms with Gasteiger partial charge >= 0.3 is 0 Å². The van der Waals surface area contributed by atoms with E-state index in [1.54, 1.807) is 14.2 Å². The molecule has 0 aliphatic carbocycles. The number of rotatable bonds is 3. The second-order valence-corrected chi connectivity index (χ2v) is 6.00. The Morgan fingerprint density at radius 2 is 1.79 bits per heavy atom. The molecule has 0 unspecified atom stereocenters. The van der Waals surface area contributed by atoms with E-state index in [0.717, 1.165) is 16.7 Å². The van der Waals surface area contributed by atoms with Crippen LogP contribution >= 0.6 is 0 Å². The minimum absolute atomic E-state index is 0.0510. The number of fused-ring (bicyclic) bond motifs is 3. The monoisotopic (exact) mass is 325 g/mol. The lowest BCUT2D eigenvalue weighted by Crippen LogP contribution is -2.38. The van der Waals surface area contributed by atoms with Gasteiger partial charge < -0.3 is 19.1 Å². The summed E-state index contributed by atoms with van der Waals surface area (Å²) in [5.41, 5.74) is 3.01. The number of carbonyl (C=O) groups is 1. The third kappa shape index (κ3) is 2.24. The first-order valence-corrected chi connectivity index (χ1v) is 7.95. The minimum atomic E-state index is -0.369. The van der Waals surface area contributed by atoms with Crippen LogP contribution in [0, 0.1) is 0 Å². The van der Waals surface area contributed by atoms with Gasteiger partial charge in [0.1, 0.15) is 0 Å². The third-order valence-corrected chi connectivity index (χ3v) is 4.73. The van der Waals surface area contributed by atoms with Crippen LogP contribution in [0.1, 0.15) is 29.0 Å². The first-order valence-electron chi connectivity index (χ1n) is 7.95. The predicted octanol–water partition coefficient (Wildman–Crippen LogP) is 2.86. The fraction of sp³-hybridized carbons (Fsp3) is 0.316. The molecule has 0 N–H and O–H groups in total. The zero-order chi connectivity index (χ0) is 16.7. The van der Waals surface area contributed by atoms with Gasteiger partial charge in [-0.1, -0.05) is 30.3 Å². The Bertz CT molecular complexity index is 774. The number of ether oxygens (including phenoxy) is 3. The molecule has 2 aliphatic rings. The van der Waals surface area contributed by atoms with Gasteiger partial charge in [-0.2, -0.15) is 0 Å². The molecule has 0 spiro atoms. The van der Waals surface area contributed by atoms with E-state index in [-0.39, 0.29) is 18.2 Å². The van der Waals surface area contributed by atoms with Crippen LogP contribution in [0.2, 0.25) is 0 Å². The summed E-state index contributed by atoms with van der Waals surface area (Å²) in [6, 6.07) is 13.8. The van der Waals surface area contributed by atoms with Crippen molar-refractivity contribution in [1.82, 2.24) is 4.90 Å². The number of nitrogens with zero attached hydrogens (tertiary/aromatic N) is 1. The molecule has 0 aromatic heterocycles. The molecule has 1 saturated heterocycles. The molecule has 5 heteroatoms. The second kappa shape index (κ2) is 5.83. The lowest BCUT2D eigenvalue weighted by Gasteiger charge is -2.34. The van der Waals surface area contributed by atoms with Crippen molar-refractivity contribution >= 4 is 5.91 Å². The van der Waals surface area contributed by atoms with Crippen molar-refractivity contribution in [3.05, 3.63) is 59.2 Å². The molecular weight excluding hydrogens is 306 g/mol. The molecule has 1 fully saturated rings. The molecule has 2 aromatic carbocycles. The summed E-state index contributed by atoms with van der Waals surface area (Å²) in [6.07, 6.45) is -0.0231. The first-order chi connectivity index (χ1) is 11.7. The fourth-order valence-electron chi connectivity index (χ4n) is 3.56. The summed E-state index contributed by atoms with van der Waals surface area (Å²) in [6.45, 7) is 0.494. The van der Waals surface area contributed by atoms with Gasteiger partial charge in [0.15, 0.2) is 17.7 Å². The molecule has 2 aromatic rings. The molecule has 4 rings (SSSR count). The molecule has 0 bridgehead atoms. The van der Waals surface area contributed by atoms with Crippen LogP contribution in [0.3, 0.4) is 0 Å². The second-order valence-electron chi connectivity index (χ2n) is 6.00. The zero-order valence-electron chi connectivity index (χ0n) is 13.7. The largest absolute Gasteiger partial charge is 0.493 e. The van der Waals surface area contributed by atoms with Crippen molar-refractivity contribution in [2.24, 2.45) is 0 Å². The smallest absolute Gasteiger partial charge is 0.229 e. The SMILES string of the molecule is COc1cc2c(cc1OC)[C@@H]1OC[C@@H](c3ccccc3)N1C(=O)C2. The van der Waals surface area contributed by atoms with Gasteiger partial charge in [0.2, 0.25) is 5.91 Å². The van der Waals surface area contributed by atoms with Crippen LogP contribution in [0.4, 0.5) is 0 Å². The van der Waals surface area contributed by atoms with Crippen molar-refractivity contribution in [1.29, 1.82) is 0 Å². The molecule has 2 heterocycles. The van der Waals surface area contributed by atoms with E-state index in [2.05, 4.69) is 0 Å². The van der Waals surface area contributed by atoms with E-state index in [4.69, 9.17) is 14.2 Å². The van der Waals surface area contributed by atoms with Crippen molar-refractivity contribution in [3.8, 4) is 11.5 Å². The van der Waals surface area contributed by atoms with Gasteiger partial charge in [0.25, 0.3) is 0 Å². The topological polar surface area (TPSA) is 48.0 Å². The predicted molar refractivity (Wildman–Crippen MR) is 88.0 cm³/mol. The van der Waals surface area contributed by atoms with Gasteiger partial charge in [-0.05, 0) is 23.3 Å². The Hall–Kier alpha value is -2.53. The van der Waals surface area contributed by atoms with Crippen LogP contribution in [0.15, 0.2) is 42.5 Å². The van der Waals surface area contributed by atoms with Gasteiger partial charge in [0, 0.05) is 5.56 Å². The molecule has 5 nitrogen and oxygen atoms in total. The summed E-state index contributed by atoms with van der Waals surface area (Å²) in [5.74, 6) is 1.36. The number of amides is 1. The van der Waals surface area contributed by atoms with Crippen molar-refractivity contribution < 1.29 is 19.0 Å². The van der Waals surface area contributed by atoms with Gasteiger partial charge in [0.05, 0.1) is 33.3 Å². The van der Waals surface area contributed by atoms with E-state index in [9.17, 15) is 4.79 Å². The van der Waals surface area contributed by atoms with Crippen molar-refractivity contribution in [3.63, 3.8) is 0 Å². The van der Waals surface area contributed by atoms with E-state index in [1.807, 2.05) is 47.4 Å². The van der Waals surface area contributed by atoms with E-state index >= 15 is 0 Å². The Morgan fingerprint density at radius 3 is 2.50 bits per heavy atom. The quantitative estimate of drug-likeness (QED) is 0.871. The highest BCUT2D eigenvalue weighted by Crippen LogP contribution is 2.45. The fourth-order valence-corrected chi connectivity index (χ4v) is 3.56. The average Bonchev–Trinajstić information content (AvgIpc) is 3.07. The highest BCUT2D eigenvalue weighted by Gasteiger charge is 2.43. The van der Waals surface area contributed by atoms with Crippen molar-refractivity contribution in [2.45, 2.75) is 18.7 Å². The Labute approximate surface area is 140 Å². The Balaban J connectivity index is 1.76. The van der Waals surface area contributed by atoms with Crippen LogP contribution < -0.4 is 9.47 Å². The maximum Gasteiger partial charge on any atom is 0.229 e. The standard InChI is InChI=1S/C19H19NO4/c1-22-16-8-13-9-18(21)20-15(12-6-4-3-5-7-12)11-24-19(20)14(13)10-17(16)23-2/h3-8,10,15,19H,9,11H2,1-2H3/t15-,19-/m0/s1. The number of benzene rings is 2. The molecule has 124 valence electrons. The highest BCUT2D eigenvalue weighted by molar-refractivity contribution is 5.83. The Morgan fingerprint density at radius 1 is 1.08 bits per heavy atom. The third-order valence-electron chi connectivity index (χ3n) is 4.73. The maximum absolute atomic E-state index is 12.8. The molecular formula is C19H19NO4. The summed E-state index contributed by atoms with van der Waals surface area (Å²) in [7, 11) is 3.21. The normalized spacial score (nSPS) is 22.1. The molecule has 2 atom stereocenters. The van der Waals surface area contributed by atoms with Crippen molar-refractivity contribution in [2.75, 3.05) is 20.8 Å². The van der Waals surface area contributed by atoms with E-state index in [0.29, 0.717) is 24.5 Å². The molecule has 0 saturated carbocycles. The van der Waals surface area contributed by atoms with Gasteiger partial charge in [-0.15, -0.1) is 0 Å². The summed E-state index contributed by atoms with van der Waals surface area (Å²) in [5, 5.41) is 0. The minimum Gasteiger partial charge on any atom is -0.493 e. The highest BCUT2D eigenvalue weighted by atomic mass is 16.5. The Kier molecular flexibility index (Phi) is 3.65. The lowest BCUT2D eigenvalue weighted by molar-refractivity contribution is -0.139. The summed E-state index contributed by atoms with van der Waals surface area (Å²) >= 11 is 0. The van der Waals surface area contributed by atoms with E-state index < -0.39 is 0 Å². The molecule has 0 radical (unpaired) electrons. The summed E-state index contributed by atoms with van der Waals surface area (Å²) < 4.78 is 16.8.